The van der Waals surface area contributed by atoms with Gasteiger partial charge in [-0.2, -0.15) is 0 Å². The van der Waals surface area contributed by atoms with Crippen LogP contribution in [0.15, 0.2) is 0 Å². The lowest BCUT2D eigenvalue weighted by atomic mass is 9.83. The van der Waals surface area contributed by atoms with Crippen LogP contribution in [0.2, 0.25) is 0 Å². The third-order valence-corrected chi connectivity index (χ3v) is 4.04. The van der Waals surface area contributed by atoms with Gasteiger partial charge in [0.15, 0.2) is 0 Å². The van der Waals surface area contributed by atoms with Gasteiger partial charge in [0.05, 0.1) is 0 Å². The van der Waals surface area contributed by atoms with Gasteiger partial charge in [-0.1, -0.05) is 47.5 Å². The fourth-order valence-corrected chi connectivity index (χ4v) is 2.94. The highest BCUT2D eigenvalue weighted by Gasteiger charge is 2.46. The van der Waals surface area contributed by atoms with E-state index >= 15 is 0 Å². The summed E-state index contributed by atoms with van der Waals surface area (Å²) in [7, 11) is 0. The van der Waals surface area contributed by atoms with Crippen molar-refractivity contribution in [2.24, 2.45) is 5.41 Å². The fraction of sp³-hybridized carbons (Fsp3) is 0.875. The van der Waals surface area contributed by atoms with Crippen LogP contribution >= 0.6 is 0 Å². The number of nitrogens with zero attached hydrogens (tertiary/aromatic N) is 1. The molecule has 0 aromatic carbocycles. The van der Waals surface area contributed by atoms with Gasteiger partial charge in [0, 0.05) is 6.04 Å². The SMILES string of the molecule is CCCC(C)N1C(=O)C(C(C)(C)C)NC(=O)C1CCC. The molecule has 116 valence electrons. The molecule has 0 aromatic rings. The molecule has 1 aliphatic heterocycles. The molecule has 3 atom stereocenters. The van der Waals surface area contributed by atoms with Crippen LogP contribution in [0.25, 0.3) is 0 Å². The van der Waals surface area contributed by atoms with E-state index in [1.165, 1.54) is 0 Å². The second-order valence-corrected chi connectivity index (χ2v) is 7.00. The Hall–Kier alpha value is -1.06. The zero-order valence-electron chi connectivity index (χ0n) is 13.8. The first-order valence-corrected chi connectivity index (χ1v) is 7.86. The fourth-order valence-electron chi connectivity index (χ4n) is 2.94. The van der Waals surface area contributed by atoms with Gasteiger partial charge in [-0.25, -0.2) is 0 Å². The van der Waals surface area contributed by atoms with E-state index < -0.39 is 6.04 Å². The third-order valence-electron chi connectivity index (χ3n) is 4.04. The van der Waals surface area contributed by atoms with E-state index in [9.17, 15) is 9.59 Å². The van der Waals surface area contributed by atoms with Crippen LogP contribution in [0.5, 0.6) is 0 Å². The number of carbonyl (C=O) groups excluding carboxylic acids is 2. The predicted octanol–water partition coefficient (Wildman–Crippen LogP) is 2.72. The summed E-state index contributed by atoms with van der Waals surface area (Å²) in [6.07, 6.45) is 3.60. The maximum absolute atomic E-state index is 12.8. The highest BCUT2D eigenvalue weighted by Crippen LogP contribution is 2.28. The number of rotatable bonds is 5. The number of amides is 2. The molecule has 3 unspecified atom stereocenters. The molecular formula is C16H30N2O2. The standard InChI is InChI=1S/C16H30N2O2/c1-7-9-11(3)18-12(10-8-2)14(19)17-13(15(18)20)16(4,5)6/h11-13H,7-10H2,1-6H3,(H,17,19). The minimum Gasteiger partial charge on any atom is -0.342 e. The van der Waals surface area contributed by atoms with Gasteiger partial charge in [0.1, 0.15) is 12.1 Å². The van der Waals surface area contributed by atoms with Crippen LogP contribution in [-0.4, -0.2) is 34.8 Å². The molecule has 0 aliphatic carbocycles. The van der Waals surface area contributed by atoms with Crippen molar-refractivity contribution in [2.75, 3.05) is 0 Å². The van der Waals surface area contributed by atoms with Crippen molar-refractivity contribution in [3.05, 3.63) is 0 Å². The Kier molecular flexibility index (Phi) is 5.60. The summed E-state index contributed by atoms with van der Waals surface area (Å²) in [5.74, 6) is 0.0887. The molecule has 1 saturated heterocycles. The Morgan fingerprint density at radius 3 is 2.25 bits per heavy atom. The number of hydrogen-bond donors (Lipinski definition) is 1. The molecule has 1 fully saturated rings. The summed E-state index contributed by atoms with van der Waals surface area (Å²) in [4.78, 5) is 27.1. The molecular weight excluding hydrogens is 252 g/mol. The van der Waals surface area contributed by atoms with Crippen LogP contribution in [0.1, 0.15) is 67.2 Å². The summed E-state index contributed by atoms with van der Waals surface area (Å²) >= 11 is 0. The first-order chi connectivity index (χ1) is 9.23. The Labute approximate surface area is 123 Å². The van der Waals surface area contributed by atoms with Crippen molar-refractivity contribution in [1.82, 2.24) is 10.2 Å². The Morgan fingerprint density at radius 1 is 1.20 bits per heavy atom. The molecule has 0 saturated carbocycles. The molecule has 4 heteroatoms. The lowest BCUT2D eigenvalue weighted by Gasteiger charge is -2.46. The molecule has 0 bridgehead atoms. The molecule has 1 heterocycles. The smallest absolute Gasteiger partial charge is 0.246 e. The first kappa shape index (κ1) is 17.0. The van der Waals surface area contributed by atoms with E-state index in [4.69, 9.17) is 0 Å². The number of carbonyl (C=O) groups is 2. The minimum absolute atomic E-state index is 0.00864. The van der Waals surface area contributed by atoms with E-state index in [-0.39, 0.29) is 29.3 Å². The normalized spacial score (nSPS) is 25.6. The second-order valence-electron chi connectivity index (χ2n) is 7.00. The van der Waals surface area contributed by atoms with Gasteiger partial charge in [0.25, 0.3) is 0 Å². The molecule has 0 radical (unpaired) electrons. The molecule has 4 nitrogen and oxygen atoms in total. The molecule has 1 rings (SSSR count). The van der Waals surface area contributed by atoms with Crippen LogP contribution in [0.4, 0.5) is 0 Å². The van der Waals surface area contributed by atoms with E-state index in [2.05, 4.69) is 26.1 Å². The number of piperazine rings is 1. The van der Waals surface area contributed by atoms with Crippen LogP contribution in [0, 0.1) is 5.41 Å². The molecule has 20 heavy (non-hydrogen) atoms. The van der Waals surface area contributed by atoms with Gasteiger partial charge < -0.3 is 10.2 Å². The highest BCUT2D eigenvalue weighted by atomic mass is 16.2. The van der Waals surface area contributed by atoms with Crippen LogP contribution in [0.3, 0.4) is 0 Å². The van der Waals surface area contributed by atoms with Gasteiger partial charge >= 0.3 is 0 Å². The molecule has 2 amide bonds. The summed E-state index contributed by atoms with van der Waals surface area (Å²) in [6.45, 7) is 12.2. The highest BCUT2D eigenvalue weighted by molar-refractivity contribution is 5.97. The Balaban J connectivity index is 3.07. The molecule has 1 aliphatic rings. The predicted molar refractivity (Wildman–Crippen MR) is 81.3 cm³/mol. The third kappa shape index (κ3) is 3.53. The lowest BCUT2D eigenvalue weighted by Crippen LogP contribution is -2.68. The van der Waals surface area contributed by atoms with E-state index in [1.54, 1.807) is 0 Å². The second kappa shape index (κ2) is 6.59. The largest absolute Gasteiger partial charge is 0.342 e. The Bertz CT molecular complexity index is 360. The minimum atomic E-state index is -0.414. The summed E-state index contributed by atoms with van der Waals surface area (Å²) in [6, 6.07) is -0.588. The summed E-state index contributed by atoms with van der Waals surface area (Å²) in [5, 5.41) is 2.94. The summed E-state index contributed by atoms with van der Waals surface area (Å²) in [5.41, 5.74) is -0.256. The quantitative estimate of drug-likeness (QED) is 0.843. The monoisotopic (exact) mass is 282 g/mol. The van der Waals surface area contributed by atoms with Crippen molar-refractivity contribution in [2.45, 2.75) is 85.4 Å². The van der Waals surface area contributed by atoms with Gasteiger partial charge in [-0.15, -0.1) is 0 Å². The van der Waals surface area contributed by atoms with Gasteiger partial charge in [-0.05, 0) is 25.2 Å². The van der Waals surface area contributed by atoms with Crippen molar-refractivity contribution in [3.63, 3.8) is 0 Å². The van der Waals surface area contributed by atoms with E-state index in [0.29, 0.717) is 0 Å². The van der Waals surface area contributed by atoms with Crippen molar-refractivity contribution in [3.8, 4) is 0 Å². The lowest BCUT2D eigenvalue weighted by molar-refractivity contribution is -0.155. The van der Waals surface area contributed by atoms with E-state index in [1.807, 2.05) is 25.7 Å². The zero-order chi connectivity index (χ0) is 15.5. The van der Waals surface area contributed by atoms with Crippen LogP contribution < -0.4 is 5.32 Å². The zero-order valence-corrected chi connectivity index (χ0v) is 13.8. The first-order valence-electron chi connectivity index (χ1n) is 7.86. The van der Waals surface area contributed by atoms with E-state index in [0.717, 1.165) is 25.7 Å². The average molecular weight is 282 g/mol. The van der Waals surface area contributed by atoms with Gasteiger partial charge in [-0.3, -0.25) is 9.59 Å². The number of hydrogen-bond acceptors (Lipinski definition) is 2. The van der Waals surface area contributed by atoms with Crippen molar-refractivity contribution < 1.29 is 9.59 Å². The van der Waals surface area contributed by atoms with Crippen LogP contribution in [-0.2, 0) is 9.59 Å². The van der Waals surface area contributed by atoms with Crippen molar-refractivity contribution >= 4 is 11.8 Å². The molecule has 1 N–H and O–H groups in total. The number of nitrogens with one attached hydrogen (secondary N) is 1. The summed E-state index contributed by atoms with van der Waals surface area (Å²) < 4.78 is 0. The molecule has 0 spiro atoms. The van der Waals surface area contributed by atoms with Crippen molar-refractivity contribution in [1.29, 1.82) is 0 Å². The van der Waals surface area contributed by atoms with Gasteiger partial charge in [0.2, 0.25) is 11.8 Å². The Morgan fingerprint density at radius 2 is 1.80 bits per heavy atom. The molecule has 0 aromatic heterocycles. The maximum Gasteiger partial charge on any atom is 0.246 e. The topological polar surface area (TPSA) is 49.4 Å². The average Bonchev–Trinajstić information content (AvgIpc) is 2.32. The maximum atomic E-state index is 12.8.